The van der Waals surface area contributed by atoms with Gasteiger partial charge >= 0.3 is 0 Å². The molecule has 27 heavy (non-hydrogen) atoms. The fraction of sp³-hybridized carbons (Fsp3) is 0.286. The van der Waals surface area contributed by atoms with E-state index in [1.165, 1.54) is 6.07 Å². The summed E-state index contributed by atoms with van der Waals surface area (Å²) in [4.78, 5) is 20.1. The number of aromatic amines is 1. The van der Waals surface area contributed by atoms with Gasteiger partial charge in [-0.25, -0.2) is 4.39 Å². The number of carbonyl (C=O) groups is 1. The Balaban J connectivity index is 1.41. The van der Waals surface area contributed by atoms with Crippen molar-refractivity contribution in [1.29, 1.82) is 0 Å². The zero-order chi connectivity index (χ0) is 18.8. The Morgan fingerprint density at radius 2 is 1.93 bits per heavy atom. The molecule has 1 N–H and O–H groups in total. The van der Waals surface area contributed by atoms with Gasteiger partial charge in [-0.1, -0.05) is 12.1 Å². The number of ketones is 1. The van der Waals surface area contributed by atoms with Crippen molar-refractivity contribution in [2.45, 2.75) is 0 Å². The van der Waals surface area contributed by atoms with Gasteiger partial charge in [0.1, 0.15) is 11.6 Å². The Bertz CT molecular complexity index is 961. The van der Waals surface area contributed by atoms with E-state index in [1.54, 1.807) is 25.4 Å². The van der Waals surface area contributed by atoms with E-state index >= 15 is 0 Å². The lowest BCUT2D eigenvalue weighted by Crippen LogP contribution is -2.48. The fourth-order valence-corrected chi connectivity index (χ4v) is 3.61. The normalized spacial score (nSPS) is 15.3. The summed E-state index contributed by atoms with van der Waals surface area (Å²) in [7, 11) is 1.62. The van der Waals surface area contributed by atoms with Crippen molar-refractivity contribution in [3.63, 3.8) is 0 Å². The van der Waals surface area contributed by atoms with Gasteiger partial charge in [0.25, 0.3) is 0 Å². The van der Waals surface area contributed by atoms with Gasteiger partial charge in [0.2, 0.25) is 0 Å². The van der Waals surface area contributed by atoms with Crippen LogP contribution in [-0.4, -0.2) is 55.5 Å². The fourth-order valence-electron chi connectivity index (χ4n) is 3.61. The number of ether oxygens (including phenoxy) is 1. The maximum Gasteiger partial charge on any atom is 0.178 e. The second-order valence-electron chi connectivity index (χ2n) is 6.75. The number of methoxy groups -OCH3 is 1. The van der Waals surface area contributed by atoms with Crippen LogP contribution in [0, 0.1) is 5.82 Å². The maximum absolute atomic E-state index is 13.9. The Morgan fingerprint density at radius 1 is 1.15 bits per heavy atom. The number of aromatic nitrogens is 1. The summed E-state index contributed by atoms with van der Waals surface area (Å²) in [5.41, 5.74) is 2.22. The summed E-state index contributed by atoms with van der Waals surface area (Å²) in [6.07, 6.45) is 1.77. The highest BCUT2D eigenvalue weighted by Gasteiger charge is 2.22. The van der Waals surface area contributed by atoms with Crippen molar-refractivity contribution in [3.8, 4) is 5.75 Å². The van der Waals surface area contributed by atoms with Crippen molar-refractivity contribution in [3.05, 3.63) is 60.0 Å². The molecule has 0 spiro atoms. The van der Waals surface area contributed by atoms with Crippen molar-refractivity contribution in [1.82, 2.24) is 9.88 Å². The van der Waals surface area contributed by atoms with Crippen molar-refractivity contribution >= 4 is 22.4 Å². The van der Waals surface area contributed by atoms with Crippen LogP contribution in [0.4, 0.5) is 10.1 Å². The van der Waals surface area contributed by atoms with Gasteiger partial charge in [-0.3, -0.25) is 9.69 Å². The molecule has 0 bridgehead atoms. The summed E-state index contributed by atoms with van der Waals surface area (Å²) in [5.74, 6) is 0.648. The van der Waals surface area contributed by atoms with Crippen LogP contribution in [-0.2, 0) is 0 Å². The van der Waals surface area contributed by atoms with Gasteiger partial charge < -0.3 is 14.6 Å². The zero-order valence-corrected chi connectivity index (χ0v) is 15.2. The van der Waals surface area contributed by atoms with Crippen LogP contribution in [0.25, 0.3) is 10.9 Å². The molecule has 0 radical (unpaired) electrons. The predicted molar refractivity (Wildman–Crippen MR) is 104 cm³/mol. The van der Waals surface area contributed by atoms with E-state index in [0.717, 1.165) is 29.7 Å². The minimum absolute atomic E-state index is 0.0887. The van der Waals surface area contributed by atoms with Crippen LogP contribution in [0.1, 0.15) is 10.4 Å². The summed E-state index contributed by atoms with van der Waals surface area (Å²) < 4.78 is 19.2. The van der Waals surface area contributed by atoms with E-state index in [0.29, 0.717) is 30.9 Å². The number of Topliss-reactive ketones (excluding diaryl/α,β-unsaturated/α-hetero) is 1. The molecule has 0 unspecified atom stereocenters. The molecular weight excluding hydrogens is 345 g/mol. The molecule has 6 heteroatoms. The molecule has 5 nitrogen and oxygen atoms in total. The number of carbonyl (C=O) groups excluding carboxylic acids is 1. The number of para-hydroxylation sites is 1. The smallest absolute Gasteiger partial charge is 0.178 e. The van der Waals surface area contributed by atoms with E-state index in [-0.39, 0.29) is 11.6 Å². The Kier molecular flexibility index (Phi) is 4.81. The molecule has 140 valence electrons. The van der Waals surface area contributed by atoms with E-state index in [4.69, 9.17) is 4.74 Å². The highest BCUT2D eigenvalue weighted by molar-refractivity contribution is 6.09. The molecule has 1 aliphatic heterocycles. The standard InChI is InChI=1S/C21H22FN3O2/c1-27-15-6-7-16-17(13-23-19(16)12-15)21(26)14-24-8-10-25(11-9-24)20-5-3-2-4-18(20)22/h2-7,12-13,23H,8-11,14H2,1H3. The topological polar surface area (TPSA) is 48.6 Å². The van der Waals surface area contributed by atoms with E-state index < -0.39 is 0 Å². The van der Waals surface area contributed by atoms with Crippen LogP contribution in [0.2, 0.25) is 0 Å². The quantitative estimate of drug-likeness (QED) is 0.703. The van der Waals surface area contributed by atoms with Gasteiger partial charge in [-0.05, 0) is 24.3 Å². The number of hydrogen-bond donors (Lipinski definition) is 1. The molecule has 3 aromatic rings. The van der Waals surface area contributed by atoms with Crippen LogP contribution < -0.4 is 9.64 Å². The Morgan fingerprint density at radius 3 is 2.67 bits per heavy atom. The SMILES string of the molecule is COc1ccc2c(C(=O)CN3CCN(c4ccccc4F)CC3)c[nH]c2c1. The lowest BCUT2D eigenvalue weighted by molar-refractivity contribution is 0.0928. The third kappa shape index (κ3) is 3.53. The molecule has 0 aliphatic carbocycles. The number of hydrogen-bond acceptors (Lipinski definition) is 4. The number of rotatable bonds is 5. The van der Waals surface area contributed by atoms with E-state index in [2.05, 4.69) is 9.88 Å². The molecule has 2 aromatic carbocycles. The predicted octanol–water partition coefficient (Wildman–Crippen LogP) is 3.32. The lowest BCUT2D eigenvalue weighted by atomic mass is 10.1. The molecule has 0 saturated carbocycles. The average molecular weight is 367 g/mol. The van der Waals surface area contributed by atoms with Gasteiger partial charge in [0.15, 0.2) is 5.78 Å². The number of nitrogens with one attached hydrogen (secondary N) is 1. The first-order chi connectivity index (χ1) is 13.2. The molecule has 1 aliphatic rings. The minimum Gasteiger partial charge on any atom is -0.497 e. The van der Waals surface area contributed by atoms with Gasteiger partial charge in [-0.2, -0.15) is 0 Å². The highest BCUT2D eigenvalue weighted by atomic mass is 19.1. The van der Waals surface area contributed by atoms with Gasteiger partial charge in [-0.15, -0.1) is 0 Å². The summed E-state index contributed by atoms with van der Waals surface area (Å²) in [6, 6.07) is 12.5. The van der Waals surface area contributed by atoms with E-state index in [1.807, 2.05) is 29.2 Å². The number of fused-ring (bicyclic) bond motifs is 1. The molecular formula is C21H22FN3O2. The third-order valence-electron chi connectivity index (χ3n) is 5.12. The monoisotopic (exact) mass is 367 g/mol. The highest BCUT2D eigenvalue weighted by Crippen LogP contribution is 2.24. The average Bonchev–Trinajstić information content (AvgIpc) is 3.12. The molecule has 1 fully saturated rings. The Hall–Kier alpha value is -2.86. The van der Waals surface area contributed by atoms with Gasteiger partial charge in [0, 0.05) is 54.9 Å². The number of benzene rings is 2. The first-order valence-corrected chi connectivity index (χ1v) is 9.06. The number of H-pyrrole nitrogens is 1. The second kappa shape index (κ2) is 7.40. The molecule has 1 aromatic heterocycles. The second-order valence-corrected chi connectivity index (χ2v) is 6.75. The number of anilines is 1. The third-order valence-corrected chi connectivity index (χ3v) is 5.12. The summed E-state index contributed by atoms with van der Waals surface area (Å²) in [6.45, 7) is 3.25. The van der Waals surface area contributed by atoms with Crippen LogP contribution in [0.3, 0.4) is 0 Å². The van der Waals surface area contributed by atoms with E-state index in [9.17, 15) is 9.18 Å². The number of nitrogens with zero attached hydrogens (tertiary/aromatic N) is 2. The largest absolute Gasteiger partial charge is 0.497 e. The number of halogens is 1. The Labute approximate surface area is 157 Å². The van der Waals surface area contributed by atoms with Crippen molar-refractivity contribution < 1.29 is 13.9 Å². The first kappa shape index (κ1) is 17.5. The van der Waals surface area contributed by atoms with Crippen molar-refractivity contribution in [2.75, 3.05) is 44.7 Å². The molecule has 0 amide bonds. The molecule has 4 rings (SSSR count). The van der Waals surface area contributed by atoms with Crippen LogP contribution in [0.5, 0.6) is 5.75 Å². The zero-order valence-electron chi connectivity index (χ0n) is 15.2. The van der Waals surface area contributed by atoms with Gasteiger partial charge in [0.05, 0.1) is 19.3 Å². The van der Waals surface area contributed by atoms with Crippen LogP contribution in [0.15, 0.2) is 48.7 Å². The minimum atomic E-state index is -0.198. The first-order valence-electron chi connectivity index (χ1n) is 9.06. The maximum atomic E-state index is 13.9. The van der Waals surface area contributed by atoms with Crippen LogP contribution >= 0.6 is 0 Å². The molecule has 1 saturated heterocycles. The summed E-state index contributed by atoms with van der Waals surface area (Å²) in [5, 5.41) is 0.908. The summed E-state index contributed by atoms with van der Waals surface area (Å²) >= 11 is 0. The van der Waals surface area contributed by atoms with Crippen molar-refractivity contribution in [2.24, 2.45) is 0 Å². The lowest BCUT2D eigenvalue weighted by Gasteiger charge is -2.35. The number of piperazine rings is 1. The molecule has 2 heterocycles. The molecule has 0 atom stereocenters.